The van der Waals surface area contributed by atoms with Gasteiger partial charge in [0.25, 0.3) is 0 Å². The minimum atomic E-state index is 1.03. The van der Waals surface area contributed by atoms with Crippen LogP contribution >= 0.6 is 0 Å². The third-order valence-corrected chi connectivity index (χ3v) is 1.97. The summed E-state index contributed by atoms with van der Waals surface area (Å²) in [6.07, 6.45) is 1.81. The molecule has 0 saturated heterocycles. The number of rotatable bonds is 2. The number of benzene rings is 1. The first kappa shape index (κ1) is 9.72. The highest BCUT2D eigenvalue weighted by atomic mass is 14.7. The Morgan fingerprint density at radius 2 is 2.15 bits per heavy atom. The van der Waals surface area contributed by atoms with Gasteiger partial charge in [-0.2, -0.15) is 0 Å². The molecule has 1 heteroatoms. The molecule has 0 fully saturated rings. The Hall–Kier alpha value is -1.37. The second kappa shape index (κ2) is 4.04. The molecule has 0 aromatic heterocycles. The number of aliphatic imine (C=N–C) groups is 1. The van der Waals surface area contributed by atoms with E-state index < -0.39 is 0 Å². The molecule has 0 radical (unpaired) electrons. The molecule has 0 atom stereocenters. The van der Waals surface area contributed by atoms with E-state index in [1.54, 1.807) is 0 Å². The molecule has 0 spiro atoms. The fourth-order valence-corrected chi connectivity index (χ4v) is 1.15. The third-order valence-electron chi connectivity index (χ3n) is 1.97. The van der Waals surface area contributed by atoms with E-state index in [9.17, 15) is 0 Å². The molecule has 0 aliphatic heterocycles. The standard InChI is InChI=1S/C12H15N/c1-5-13-12-8-11(9(2)3)7-6-10(12)4/h5-8H,2H2,1,3-4H3. The molecule has 0 saturated carbocycles. The predicted octanol–water partition coefficient (Wildman–Crippen LogP) is 3.75. The molecule has 0 aliphatic carbocycles. The van der Waals surface area contributed by atoms with Crippen LogP contribution in [0.4, 0.5) is 5.69 Å². The zero-order chi connectivity index (χ0) is 9.84. The Labute approximate surface area is 79.8 Å². The van der Waals surface area contributed by atoms with Gasteiger partial charge < -0.3 is 0 Å². The number of hydrogen-bond acceptors (Lipinski definition) is 1. The van der Waals surface area contributed by atoms with Crippen LogP contribution in [0.3, 0.4) is 0 Å². The molecule has 0 N–H and O–H groups in total. The van der Waals surface area contributed by atoms with E-state index in [-0.39, 0.29) is 0 Å². The van der Waals surface area contributed by atoms with Crippen molar-refractivity contribution in [1.29, 1.82) is 0 Å². The van der Waals surface area contributed by atoms with E-state index in [1.165, 1.54) is 5.56 Å². The molecule has 1 aromatic rings. The first-order chi connectivity index (χ1) is 6.15. The van der Waals surface area contributed by atoms with Gasteiger partial charge in [-0.1, -0.05) is 24.3 Å². The van der Waals surface area contributed by atoms with E-state index in [4.69, 9.17) is 0 Å². The highest BCUT2D eigenvalue weighted by Crippen LogP contribution is 2.23. The number of allylic oxidation sites excluding steroid dienone is 1. The largest absolute Gasteiger partial charge is 0.261 e. The van der Waals surface area contributed by atoms with E-state index in [0.717, 1.165) is 16.8 Å². The lowest BCUT2D eigenvalue weighted by Crippen LogP contribution is -1.80. The van der Waals surface area contributed by atoms with Gasteiger partial charge in [0, 0.05) is 6.21 Å². The van der Waals surface area contributed by atoms with E-state index in [2.05, 4.69) is 36.7 Å². The summed E-state index contributed by atoms with van der Waals surface area (Å²) in [5, 5.41) is 0. The maximum absolute atomic E-state index is 4.28. The molecular formula is C12H15N. The van der Waals surface area contributed by atoms with Gasteiger partial charge in [-0.25, -0.2) is 0 Å². The Kier molecular flexibility index (Phi) is 3.02. The van der Waals surface area contributed by atoms with Crippen molar-refractivity contribution in [3.05, 3.63) is 35.9 Å². The maximum Gasteiger partial charge on any atom is 0.0660 e. The van der Waals surface area contributed by atoms with Crippen LogP contribution < -0.4 is 0 Å². The van der Waals surface area contributed by atoms with Crippen LogP contribution in [-0.2, 0) is 0 Å². The van der Waals surface area contributed by atoms with Gasteiger partial charge >= 0.3 is 0 Å². The molecule has 1 nitrogen and oxygen atoms in total. The Morgan fingerprint density at radius 1 is 1.46 bits per heavy atom. The molecule has 0 heterocycles. The van der Waals surface area contributed by atoms with Crippen LogP contribution in [0, 0.1) is 6.92 Å². The quantitative estimate of drug-likeness (QED) is 0.604. The fraction of sp³-hybridized carbons (Fsp3) is 0.250. The van der Waals surface area contributed by atoms with Crippen LogP contribution in [0.1, 0.15) is 25.0 Å². The zero-order valence-corrected chi connectivity index (χ0v) is 8.46. The van der Waals surface area contributed by atoms with Crippen LogP contribution in [0.25, 0.3) is 5.57 Å². The summed E-state index contributed by atoms with van der Waals surface area (Å²) in [5.74, 6) is 0. The molecule has 1 aromatic carbocycles. The SMILES string of the molecule is C=C(C)c1ccc(C)c(N=CC)c1. The summed E-state index contributed by atoms with van der Waals surface area (Å²) in [6.45, 7) is 9.89. The predicted molar refractivity (Wildman–Crippen MR) is 59.7 cm³/mol. The van der Waals surface area contributed by atoms with Crippen LogP contribution in [0.15, 0.2) is 29.8 Å². The van der Waals surface area contributed by atoms with Crippen LogP contribution in [0.2, 0.25) is 0 Å². The molecule has 0 aliphatic rings. The summed E-state index contributed by atoms with van der Waals surface area (Å²) < 4.78 is 0. The lowest BCUT2D eigenvalue weighted by atomic mass is 10.1. The van der Waals surface area contributed by atoms with Crippen molar-refractivity contribution >= 4 is 17.5 Å². The number of nitrogens with zero attached hydrogens (tertiary/aromatic N) is 1. The zero-order valence-electron chi connectivity index (χ0n) is 8.46. The topological polar surface area (TPSA) is 12.4 Å². The lowest BCUT2D eigenvalue weighted by Gasteiger charge is -2.03. The van der Waals surface area contributed by atoms with E-state index in [0.29, 0.717) is 0 Å². The fourth-order valence-electron chi connectivity index (χ4n) is 1.15. The van der Waals surface area contributed by atoms with Crippen molar-refractivity contribution in [3.8, 4) is 0 Å². The highest BCUT2D eigenvalue weighted by molar-refractivity contribution is 5.69. The average molecular weight is 173 g/mol. The summed E-state index contributed by atoms with van der Waals surface area (Å²) in [6, 6.07) is 6.22. The Balaban J connectivity index is 3.18. The highest BCUT2D eigenvalue weighted by Gasteiger charge is 1.98. The molecule has 1 rings (SSSR count). The first-order valence-corrected chi connectivity index (χ1v) is 4.40. The smallest absolute Gasteiger partial charge is 0.0660 e. The molecule has 0 unspecified atom stereocenters. The van der Waals surface area contributed by atoms with Crippen molar-refractivity contribution in [1.82, 2.24) is 0 Å². The summed E-state index contributed by atoms with van der Waals surface area (Å²) in [7, 11) is 0. The maximum atomic E-state index is 4.28. The van der Waals surface area contributed by atoms with Gasteiger partial charge in [0.2, 0.25) is 0 Å². The minimum absolute atomic E-state index is 1.03. The minimum Gasteiger partial charge on any atom is -0.261 e. The molecule has 68 valence electrons. The van der Waals surface area contributed by atoms with Gasteiger partial charge in [0.1, 0.15) is 0 Å². The molecular weight excluding hydrogens is 158 g/mol. The number of hydrogen-bond donors (Lipinski definition) is 0. The van der Waals surface area contributed by atoms with Crippen molar-refractivity contribution in [3.63, 3.8) is 0 Å². The van der Waals surface area contributed by atoms with Crippen LogP contribution in [0.5, 0.6) is 0 Å². The molecule has 0 amide bonds. The van der Waals surface area contributed by atoms with Crippen molar-refractivity contribution in [2.24, 2.45) is 4.99 Å². The van der Waals surface area contributed by atoms with Gasteiger partial charge in [-0.05, 0) is 38.0 Å². The van der Waals surface area contributed by atoms with Crippen LogP contribution in [-0.4, -0.2) is 6.21 Å². The van der Waals surface area contributed by atoms with Crippen molar-refractivity contribution in [2.45, 2.75) is 20.8 Å². The Bertz CT molecular complexity index is 348. The average Bonchev–Trinajstić information content (AvgIpc) is 2.08. The normalized spacial score (nSPS) is 10.7. The van der Waals surface area contributed by atoms with E-state index in [1.807, 2.05) is 20.1 Å². The first-order valence-electron chi connectivity index (χ1n) is 4.40. The summed E-state index contributed by atoms with van der Waals surface area (Å²) in [5.41, 5.74) is 4.46. The van der Waals surface area contributed by atoms with Gasteiger partial charge in [-0.15, -0.1) is 0 Å². The Morgan fingerprint density at radius 3 is 2.69 bits per heavy atom. The van der Waals surface area contributed by atoms with Gasteiger partial charge in [0.15, 0.2) is 0 Å². The molecule has 0 bridgehead atoms. The molecule has 13 heavy (non-hydrogen) atoms. The monoisotopic (exact) mass is 173 g/mol. The van der Waals surface area contributed by atoms with Crippen molar-refractivity contribution in [2.75, 3.05) is 0 Å². The van der Waals surface area contributed by atoms with E-state index >= 15 is 0 Å². The van der Waals surface area contributed by atoms with Gasteiger partial charge in [0.05, 0.1) is 5.69 Å². The third kappa shape index (κ3) is 2.28. The number of aryl methyl sites for hydroxylation is 1. The second-order valence-corrected chi connectivity index (χ2v) is 3.17. The lowest BCUT2D eigenvalue weighted by molar-refractivity contribution is 1.38. The van der Waals surface area contributed by atoms with Crippen molar-refractivity contribution < 1.29 is 0 Å². The van der Waals surface area contributed by atoms with Gasteiger partial charge in [-0.3, -0.25) is 4.99 Å². The summed E-state index contributed by atoms with van der Waals surface area (Å²) in [4.78, 5) is 4.28. The summed E-state index contributed by atoms with van der Waals surface area (Å²) >= 11 is 0. The second-order valence-electron chi connectivity index (χ2n) is 3.17.